The lowest BCUT2D eigenvalue weighted by molar-refractivity contribution is 0.277. The zero-order valence-corrected chi connectivity index (χ0v) is 6.31. The number of hydrogen-bond donors (Lipinski definition) is 2. The Bertz CT molecular complexity index is 408. The number of imidazole rings is 1. The van der Waals surface area contributed by atoms with Gasteiger partial charge < -0.3 is 14.6 Å². The molecule has 0 saturated heterocycles. The zero-order chi connectivity index (χ0) is 8.55. The van der Waals surface area contributed by atoms with Crippen LogP contribution in [0.3, 0.4) is 0 Å². The van der Waals surface area contributed by atoms with E-state index in [1.165, 1.54) is 0 Å². The number of aliphatic hydroxyl groups is 1. The molecule has 2 rings (SSSR count). The molecule has 2 N–H and O–H groups in total. The largest absolute Gasteiger partial charge is 0.506 e. The summed E-state index contributed by atoms with van der Waals surface area (Å²) in [5, 5.41) is 17.9. The van der Waals surface area contributed by atoms with Gasteiger partial charge in [-0.05, 0) is 12.1 Å². The molecule has 0 aromatic carbocycles. The Morgan fingerprint density at radius 3 is 2.92 bits per heavy atom. The number of hydrogen-bond acceptors (Lipinski definition) is 3. The summed E-state index contributed by atoms with van der Waals surface area (Å²) >= 11 is 0. The topological polar surface area (TPSA) is 57.8 Å². The second kappa shape index (κ2) is 2.49. The van der Waals surface area contributed by atoms with E-state index in [1.54, 1.807) is 28.9 Å². The van der Waals surface area contributed by atoms with Gasteiger partial charge in [-0.15, -0.1) is 0 Å². The van der Waals surface area contributed by atoms with Gasteiger partial charge in [0.15, 0.2) is 0 Å². The first-order valence-electron chi connectivity index (χ1n) is 3.57. The van der Waals surface area contributed by atoms with Gasteiger partial charge in [0.1, 0.15) is 11.4 Å². The SMILES string of the molecule is OCc1cn2cc(O)ccc2n1. The molecule has 4 nitrogen and oxygen atoms in total. The fraction of sp³-hybridized carbons (Fsp3) is 0.125. The van der Waals surface area contributed by atoms with Gasteiger partial charge in [-0.1, -0.05) is 0 Å². The van der Waals surface area contributed by atoms with Crippen LogP contribution in [0, 0.1) is 0 Å². The molecule has 0 unspecified atom stereocenters. The average molecular weight is 164 g/mol. The van der Waals surface area contributed by atoms with E-state index in [2.05, 4.69) is 4.98 Å². The van der Waals surface area contributed by atoms with Crippen LogP contribution >= 0.6 is 0 Å². The van der Waals surface area contributed by atoms with Gasteiger partial charge >= 0.3 is 0 Å². The summed E-state index contributed by atoms with van der Waals surface area (Å²) in [6, 6.07) is 3.25. The fourth-order valence-electron chi connectivity index (χ4n) is 1.11. The van der Waals surface area contributed by atoms with E-state index in [-0.39, 0.29) is 12.4 Å². The van der Waals surface area contributed by atoms with E-state index >= 15 is 0 Å². The number of aromatic hydroxyl groups is 1. The molecule has 0 aliphatic rings. The van der Waals surface area contributed by atoms with Crippen molar-refractivity contribution < 1.29 is 10.2 Å². The summed E-state index contributed by atoms with van der Waals surface area (Å²) in [5.74, 6) is 0.185. The predicted molar refractivity (Wildman–Crippen MR) is 42.8 cm³/mol. The lowest BCUT2D eigenvalue weighted by atomic mass is 10.4. The van der Waals surface area contributed by atoms with Gasteiger partial charge in [0.25, 0.3) is 0 Å². The van der Waals surface area contributed by atoms with E-state index in [0.717, 1.165) is 5.65 Å². The van der Waals surface area contributed by atoms with Gasteiger partial charge in [-0.25, -0.2) is 4.98 Å². The molecule has 0 atom stereocenters. The van der Waals surface area contributed by atoms with Crippen LogP contribution in [0.15, 0.2) is 24.5 Å². The predicted octanol–water partition coefficient (Wildman–Crippen LogP) is 0.532. The van der Waals surface area contributed by atoms with Crippen LogP contribution in [0.2, 0.25) is 0 Å². The highest BCUT2D eigenvalue weighted by Gasteiger charge is 1.99. The summed E-state index contributed by atoms with van der Waals surface area (Å²) < 4.78 is 1.67. The fourth-order valence-corrected chi connectivity index (χ4v) is 1.11. The van der Waals surface area contributed by atoms with E-state index < -0.39 is 0 Å². The normalized spacial score (nSPS) is 10.8. The van der Waals surface area contributed by atoms with Crippen LogP contribution in [0.1, 0.15) is 5.69 Å². The van der Waals surface area contributed by atoms with Crippen molar-refractivity contribution in [2.75, 3.05) is 0 Å². The average Bonchev–Trinajstić information content (AvgIpc) is 2.46. The Balaban J connectivity index is 2.67. The maximum atomic E-state index is 9.10. The summed E-state index contributed by atoms with van der Waals surface area (Å²) in [6.07, 6.45) is 3.22. The molecule has 0 aliphatic heterocycles. The summed E-state index contributed by atoms with van der Waals surface area (Å²) in [4.78, 5) is 4.07. The number of aromatic nitrogens is 2. The number of rotatable bonds is 1. The van der Waals surface area contributed by atoms with E-state index in [1.807, 2.05) is 0 Å². The molecule has 62 valence electrons. The van der Waals surface area contributed by atoms with Crippen molar-refractivity contribution in [1.29, 1.82) is 0 Å². The van der Waals surface area contributed by atoms with Crippen LogP contribution in [0.4, 0.5) is 0 Å². The first-order chi connectivity index (χ1) is 5.79. The van der Waals surface area contributed by atoms with Gasteiger partial charge in [0.2, 0.25) is 0 Å². The molecule has 2 aromatic heterocycles. The molecular weight excluding hydrogens is 156 g/mol. The Hall–Kier alpha value is -1.55. The van der Waals surface area contributed by atoms with E-state index in [9.17, 15) is 0 Å². The van der Waals surface area contributed by atoms with Crippen molar-refractivity contribution in [3.05, 3.63) is 30.2 Å². The van der Waals surface area contributed by atoms with Crippen LogP contribution in [-0.4, -0.2) is 19.6 Å². The van der Waals surface area contributed by atoms with Crippen LogP contribution in [0.5, 0.6) is 5.75 Å². The maximum absolute atomic E-state index is 9.10. The highest BCUT2D eigenvalue weighted by atomic mass is 16.3. The maximum Gasteiger partial charge on any atom is 0.137 e. The number of pyridine rings is 1. The molecule has 2 aromatic rings. The molecule has 2 heterocycles. The van der Waals surface area contributed by atoms with Crippen molar-refractivity contribution >= 4 is 5.65 Å². The molecular formula is C8H8N2O2. The van der Waals surface area contributed by atoms with Crippen molar-refractivity contribution in [2.45, 2.75) is 6.61 Å². The quantitative estimate of drug-likeness (QED) is 0.646. The van der Waals surface area contributed by atoms with Crippen LogP contribution < -0.4 is 0 Å². The Morgan fingerprint density at radius 2 is 2.17 bits per heavy atom. The number of nitrogens with zero attached hydrogens (tertiary/aromatic N) is 2. The third-order valence-electron chi connectivity index (χ3n) is 1.65. The standard InChI is InChI=1S/C8H8N2O2/c11-5-6-3-10-4-7(12)1-2-8(10)9-6/h1-4,11-12H,5H2. The van der Waals surface area contributed by atoms with Gasteiger partial charge in [-0.2, -0.15) is 0 Å². The third kappa shape index (κ3) is 1.02. The second-order valence-electron chi connectivity index (χ2n) is 2.54. The lowest BCUT2D eigenvalue weighted by Gasteiger charge is -1.92. The molecule has 0 spiro atoms. The summed E-state index contributed by atoms with van der Waals surface area (Å²) in [7, 11) is 0. The number of fused-ring (bicyclic) bond motifs is 1. The van der Waals surface area contributed by atoms with Crippen molar-refractivity contribution in [1.82, 2.24) is 9.38 Å². The van der Waals surface area contributed by atoms with E-state index in [4.69, 9.17) is 10.2 Å². The smallest absolute Gasteiger partial charge is 0.137 e. The Labute approximate surface area is 68.7 Å². The molecule has 0 saturated carbocycles. The van der Waals surface area contributed by atoms with Crippen LogP contribution in [-0.2, 0) is 6.61 Å². The number of aliphatic hydroxyl groups excluding tert-OH is 1. The van der Waals surface area contributed by atoms with E-state index in [0.29, 0.717) is 5.69 Å². The minimum Gasteiger partial charge on any atom is -0.506 e. The van der Waals surface area contributed by atoms with Gasteiger partial charge in [-0.3, -0.25) is 0 Å². The monoisotopic (exact) mass is 164 g/mol. The second-order valence-corrected chi connectivity index (χ2v) is 2.54. The molecule has 0 radical (unpaired) electrons. The Morgan fingerprint density at radius 1 is 1.33 bits per heavy atom. The molecule has 0 aliphatic carbocycles. The highest BCUT2D eigenvalue weighted by Crippen LogP contribution is 2.11. The molecule has 0 bridgehead atoms. The molecule has 12 heavy (non-hydrogen) atoms. The highest BCUT2D eigenvalue weighted by molar-refractivity contribution is 5.42. The lowest BCUT2D eigenvalue weighted by Crippen LogP contribution is -1.79. The first-order valence-corrected chi connectivity index (χ1v) is 3.57. The third-order valence-corrected chi connectivity index (χ3v) is 1.65. The first kappa shape index (κ1) is 7.12. The molecule has 0 fully saturated rings. The Kier molecular flexibility index (Phi) is 1.48. The minimum absolute atomic E-state index is 0.0809. The van der Waals surface area contributed by atoms with Crippen molar-refractivity contribution in [3.63, 3.8) is 0 Å². The summed E-state index contributed by atoms with van der Waals surface area (Å²) in [5.41, 5.74) is 1.32. The van der Waals surface area contributed by atoms with Gasteiger partial charge in [0.05, 0.1) is 18.5 Å². The molecule has 4 heteroatoms. The zero-order valence-electron chi connectivity index (χ0n) is 6.31. The van der Waals surface area contributed by atoms with Gasteiger partial charge in [0, 0.05) is 6.20 Å². The minimum atomic E-state index is -0.0809. The van der Waals surface area contributed by atoms with Crippen molar-refractivity contribution in [2.24, 2.45) is 0 Å². The van der Waals surface area contributed by atoms with Crippen molar-refractivity contribution in [3.8, 4) is 5.75 Å². The summed E-state index contributed by atoms with van der Waals surface area (Å²) in [6.45, 7) is -0.0809. The molecule has 0 amide bonds. The van der Waals surface area contributed by atoms with Crippen LogP contribution in [0.25, 0.3) is 5.65 Å².